The third kappa shape index (κ3) is 3.95. The average Bonchev–Trinajstić information content (AvgIpc) is 2.42. The molecule has 1 N–H and O–H groups in total. The summed E-state index contributed by atoms with van der Waals surface area (Å²) in [4.78, 5) is 0. The zero-order valence-corrected chi connectivity index (χ0v) is 12.8. The zero-order chi connectivity index (χ0) is 14.6. The molecule has 2 rings (SSSR count). The largest absolute Gasteiger partial charge is 0.490 e. The molecule has 1 aromatic rings. The van der Waals surface area contributed by atoms with Crippen molar-refractivity contribution in [1.82, 2.24) is 5.32 Å². The second-order valence-corrected chi connectivity index (χ2v) is 5.99. The molecule has 1 aliphatic heterocycles. The second kappa shape index (κ2) is 6.57. The number of hydrogen-bond donors (Lipinski definition) is 1. The number of benzene rings is 1. The van der Waals surface area contributed by atoms with Crippen LogP contribution in [-0.2, 0) is 9.47 Å². The Bertz CT molecular complexity index is 428. The van der Waals surface area contributed by atoms with Gasteiger partial charge in [0.2, 0.25) is 0 Å². The lowest BCUT2D eigenvalue weighted by atomic mass is 9.98. The molecule has 0 saturated heterocycles. The smallest absolute Gasteiger partial charge is 0.124 e. The van der Waals surface area contributed by atoms with Gasteiger partial charge in [-0.1, -0.05) is 18.2 Å². The van der Waals surface area contributed by atoms with Crippen molar-refractivity contribution in [3.8, 4) is 5.75 Å². The number of hydrogen-bond acceptors (Lipinski definition) is 4. The minimum atomic E-state index is -0.124. The molecule has 0 aliphatic carbocycles. The van der Waals surface area contributed by atoms with E-state index in [9.17, 15) is 0 Å². The van der Waals surface area contributed by atoms with Crippen molar-refractivity contribution < 1.29 is 14.2 Å². The first kappa shape index (κ1) is 15.3. The molecule has 4 nitrogen and oxygen atoms in total. The molecule has 0 bridgehead atoms. The van der Waals surface area contributed by atoms with Gasteiger partial charge in [0.15, 0.2) is 0 Å². The van der Waals surface area contributed by atoms with Gasteiger partial charge in [0, 0.05) is 5.56 Å². The Morgan fingerprint density at radius 2 is 2.00 bits per heavy atom. The molecule has 1 aromatic carbocycles. The van der Waals surface area contributed by atoms with Crippen LogP contribution in [0.25, 0.3) is 0 Å². The van der Waals surface area contributed by atoms with E-state index >= 15 is 0 Å². The molecule has 0 saturated carbocycles. The molecule has 4 heteroatoms. The maximum Gasteiger partial charge on any atom is 0.124 e. The Hall–Kier alpha value is -1.10. The summed E-state index contributed by atoms with van der Waals surface area (Å²) in [5, 5.41) is 3.32. The number of rotatable bonds is 5. The SMILES string of the molecule is CNC1c2ccccc2OCC1OCCOC(C)(C)C. The first-order valence-corrected chi connectivity index (χ1v) is 7.16. The maximum atomic E-state index is 5.93. The molecule has 1 heterocycles. The van der Waals surface area contributed by atoms with Crippen LogP contribution in [0.5, 0.6) is 5.75 Å². The van der Waals surface area contributed by atoms with Crippen LogP contribution < -0.4 is 10.1 Å². The minimum absolute atomic E-state index is 0.0125. The highest BCUT2D eigenvalue weighted by Crippen LogP contribution is 2.32. The van der Waals surface area contributed by atoms with Gasteiger partial charge in [-0.25, -0.2) is 0 Å². The van der Waals surface area contributed by atoms with E-state index in [1.165, 1.54) is 0 Å². The highest BCUT2D eigenvalue weighted by Gasteiger charge is 2.30. The Morgan fingerprint density at radius 1 is 1.25 bits per heavy atom. The van der Waals surface area contributed by atoms with Crippen LogP contribution >= 0.6 is 0 Å². The molecule has 20 heavy (non-hydrogen) atoms. The fourth-order valence-electron chi connectivity index (χ4n) is 2.37. The van der Waals surface area contributed by atoms with Crippen molar-refractivity contribution in [2.24, 2.45) is 0 Å². The van der Waals surface area contributed by atoms with Crippen LogP contribution in [0.4, 0.5) is 0 Å². The van der Waals surface area contributed by atoms with Crippen molar-refractivity contribution in [2.75, 3.05) is 26.9 Å². The van der Waals surface area contributed by atoms with E-state index in [0.29, 0.717) is 19.8 Å². The molecule has 0 fully saturated rings. The van der Waals surface area contributed by atoms with E-state index in [1.807, 2.05) is 46.0 Å². The van der Waals surface area contributed by atoms with Gasteiger partial charge in [0.05, 0.1) is 24.9 Å². The zero-order valence-electron chi connectivity index (χ0n) is 12.8. The van der Waals surface area contributed by atoms with Crippen molar-refractivity contribution >= 4 is 0 Å². The summed E-state index contributed by atoms with van der Waals surface area (Å²) in [5.74, 6) is 0.942. The molecule has 0 radical (unpaired) electrons. The molecule has 1 aliphatic rings. The van der Waals surface area contributed by atoms with Gasteiger partial charge in [-0.3, -0.25) is 0 Å². The average molecular weight is 279 g/mol. The third-order valence-electron chi connectivity index (χ3n) is 3.29. The van der Waals surface area contributed by atoms with Crippen LogP contribution in [0, 0.1) is 0 Å². The monoisotopic (exact) mass is 279 g/mol. The second-order valence-electron chi connectivity index (χ2n) is 5.99. The minimum Gasteiger partial charge on any atom is -0.490 e. The van der Waals surface area contributed by atoms with E-state index < -0.39 is 0 Å². The van der Waals surface area contributed by atoms with Gasteiger partial charge in [-0.2, -0.15) is 0 Å². The van der Waals surface area contributed by atoms with Crippen LogP contribution in [-0.4, -0.2) is 38.6 Å². The predicted molar refractivity (Wildman–Crippen MR) is 79.2 cm³/mol. The van der Waals surface area contributed by atoms with Gasteiger partial charge in [-0.15, -0.1) is 0 Å². The Morgan fingerprint density at radius 3 is 2.70 bits per heavy atom. The van der Waals surface area contributed by atoms with Crippen molar-refractivity contribution in [2.45, 2.75) is 38.5 Å². The van der Waals surface area contributed by atoms with Gasteiger partial charge in [-0.05, 0) is 33.9 Å². The number of likely N-dealkylation sites (N-methyl/N-ethyl adjacent to an activating group) is 1. The Labute approximate surface area is 121 Å². The Kier molecular flexibility index (Phi) is 5.02. The summed E-state index contributed by atoms with van der Waals surface area (Å²) in [7, 11) is 1.95. The fraction of sp³-hybridized carbons (Fsp3) is 0.625. The number of para-hydroxylation sites is 1. The van der Waals surface area contributed by atoms with Crippen LogP contribution in [0.2, 0.25) is 0 Å². The summed E-state index contributed by atoms with van der Waals surface area (Å²) in [5.41, 5.74) is 1.03. The standard InChI is InChI=1S/C16H25NO3/c1-16(2,3)20-10-9-18-14-11-19-13-8-6-5-7-12(13)15(14)17-4/h5-8,14-15,17H,9-11H2,1-4H3. The van der Waals surface area contributed by atoms with E-state index in [0.717, 1.165) is 11.3 Å². The maximum absolute atomic E-state index is 5.93. The molecule has 0 spiro atoms. The quantitative estimate of drug-likeness (QED) is 0.841. The van der Waals surface area contributed by atoms with Gasteiger partial charge >= 0.3 is 0 Å². The summed E-state index contributed by atoms with van der Waals surface area (Å²) in [6.45, 7) is 7.87. The highest BCUT2D eigenvalue weighted by molar-refractivity contribution is 5.38. The van der Waals surface area contributed by atoms with Gasteiger partial charge in [0.1, 0.15) is 18.5 Å². The lowest BCUT2D eigenvalue weighted by Gasteiger charge is -2.33. The molecule has 2 atom stereocenters. The fourth-order valence-corrected chi connectivity index (χ4v) is 2.37. The summed E-state index contributed by atoms with van der Waals surface area (Å²) < 4.78 is 17.4. The van der Waals surface area contributed by atoms with Crippen molar-refractivity contribution in [1.29, 1.82) is 0 Å². The van der Waals surface area contributed by atoms with Crippen LogP contribution in [0.1, 0.15) is 32.4 Å². The highest BCUT2D eigenvalue weighted by atomic mass is 16.6. The molecular formula is C16H25NO3. The summed E-state index contributed by atoms with van der Waals surface area (Å²) >= 11 is 0. The van der Waals surface area contributed by atoms with Crippen molar-refractivity contribution in [3.05, 3.63) is 29.8 Å². The first-order valence-electron chi connectivity index (χ1n) is 7.16. The van der Waals surface area contributed by atoms with Crippen molar-refractivity contribution in [3.63, 3.8) is 0 Å². The first-order chi connectivity index (χ1) is 9.51. The molecule has 0 amide bonds. The van der Waals surface area contributed by atoms with E-state index in [1.54, 1.807) is 0 Å². The summed E-state index contributed by atoms with van der Waals surface area (Å²) in [6, 6.07) is 8.26. The third-order valence-corrected chi connectivity index (χ3v) is 3.29. The van der Waals surface area contributed by atoms with Gasteiger partial charge in [0.25, 0.3) is 0 Å². The molecule has 2 unspecified atom stereocenters. The normalized spacial score (nSPS) is 22.2. The Balaban J connectivity index is 1.90. The number of nitrogens with one attached hydrogen (secondary N) is 1. The lowest BCUT2D eigenvalue weighted by molar-refractivity contribution is -0.0710. The predicted octanol–water partition coefficient (Wildman–Crippen LogP) is 2.54. The number of ether oxygens (including phenoxy) is 3. The molecular weight excluding hydrogens is 254 g/mol. The lowest BCUT2D eigenvalue weighted by Crippen LogP contribution is -2.40. The van der Waals surface area contributed by atoms with Crippen LogP contribution in [0.3, 0.4) is 0 Å². The van der Waals surface area contributed by atoms with E-state index in [4.69, 9.17) is 14.2 Å². The topological polar surface area (TPSA) is 39.7 Å². The molecule has 112 valence electrons. The number of fused-ring (bicyclic) bond motifs is 1. The van der Waals surface area contributed by atoms with Gasteiger partial charge < -0.3 is 19.5 Å². The molecule has 0 aromatic heterocycles. The summed E-state index contributed by atoms with van der Waals surface area (Å²) in [6.07, 6.45) is 0.0125. The van der Waals surface area contributed by atoms with Crippen LogP contribution in [0.15, 0.2) is 24.3 Å². The van der Waals surface area contributed by atoms with E-state index in [2.05, 4.69) is 11.4 Å². The van der Waals surface area contributed by atoms with E-state index in [-0.39, 0.29) is 17.7 Å².